The summed E-state index contributed by atoms with van der Waals surface area (Å²) in [5.74, 6) is -4.13. The van der Waals surface area contributed by atoms with Crippen LogP contribution in [0.5, 0.6) is 0 Å². The van der Waals surface area contributed by atoms with E-state index >= 15 is 0 Å². The van der Waals surface area contributed by atoms with Crippen LogP contribution in [0, 0.1) is 5.41 Å². The molecule has 1 aliphatic carbocycles. The van der Waals surface area contributed by atoms with E-state index in [2.05, 4.69) is 5.32 Å². The SMILES string of the molecule is CC1(C)C(/C=C/C2=CC(=C/C=C3/N(CCCS(=O)(=O)O)c4ccccc4C3(C)C)/CC(C(=O)O)(C(=O)NCCS(=O)(=O)O)C2)=[N+](CCCS(=O)(=O)O)c2ccccc21. The van der Waals surface area contributed by atoms with Crippen molar-refractivity contribution < 1.29 is 58.2 Å². The van der Waals surface area contributed by atoms with Crippen LogP contribution in [0.25, 0.3) is 0 Å². The molecule has 5 rings (SSSR count). The molecule has 2 aromatic rings. The second-order valence-corrected chi connectivity index (χ2v) is 20.6. The van der Waals surface area contributed by atoms with Crippen molar-refractivity contribution in [1.29, 1.82) is 0 Å². The third kappa shape index (κ3) is 10.0. The number of para-hydroxylation sites is 2. The molecule has 0 bridgehead atoms. The van der Waals surface area contributed by atoms with Gasteiger partial charge in [-0.15, -0.1) is 0 Å². The molecule has 1 amide bonds. The van der Waals surface area contributed by atoms with Crippen molar-refractivity contribution in [2.75, 3.05) is 41.8 Å². The van der Waals surface area contributed by atoms with E-state index in [-0.39, 0.29) is 38.8 Å². The van der Waals surface area contributed by atoms with E-state index in [9.17, 15) is 53.6 Å². The number of carbonyl (C=O) groups excluding carboxylic acids is 1. The van der Waals surface area contributed by atoms with Crippen LogP contribution in [0.2, 0.25) is 0 Å². The normalized spacial score (nSPS) is 21.7. The van der Waals surface area contributed by atoms with Gasteiger partial charge in [-0.1, -0.05) is 68.5 Å². The lowest BCUT2D eigenvalue weighted by atomic mass is 9.71. The molecule has 15 nitrogen and oxygen atoms in total. The first-order valence-corrected chi connectivity index (χ1v) is 23.5. The summed E-state index contributed by atoms with van der Waals surface area (Å²) < 4.78 is 99.3. The maximum Gasteiger partial charge on any atom is 0.319 e. The topological polar surface area (TPSA) is 236 Å². The summed E-state index contributed by atoms with van der Waals surface area (Å²) in [6.45, 7) is 7.93. The summed E-state index contributed by atoms with van der Waals surface area (Å²) >= 11 is 0. The molecular weight excluding hydrogens is 811 g/mol. The fourth-order valence-electron chi connectivity index (χ4n) is 8.13. The molecule has 58 heavy (non-hydrogen) atoms. The number of hydrogen-bond acceptors (Lipinski definition) is 9. The lowest BCUT2D eigenvalue weighted by molar-refractivity contribution is -0.437. The molecule has 0 fully saturated rings. The maximum atomic E-state index is 13.8. The predicted octanol–water partition coefficient (Wildman–Crippen LogP) is 4.58. The Morgan fingerprint density at radius 3 is 2.02 bits per heavy atom. The van der Waals surface area contributed by atoms with Gasteiger partial charge in [0.25, 0.3) is 30.4 Å². The molecule has 0 saturated carbocycles. The highest BCUT2D eigenvalue weighted by atomic mass is 32.2. The van der Waals surface area contributed by atoms with Crippen LogP contribution in [0.1, 0.15) is 64.5 Å². The van der Waals surface area contributed by atoms with Gasteiger partial charge < -0.3 is 15.3 Å². The fraction of sp³-hybridized carbons (Fsp3) is 0.425. The Hall–Kier alpha value is -4.46. The number of amides is 1. The van der Waals surface area contributed by atoms with Gasteiger partial charge in [0.05, 0.1) is 22.7 Å². The first kappa shape index (κ1) is 44.6. The molecule has 2 aromatic carbocycles. The number of rotatable bonds is 16. The second-order valence-electron chi connectivity index (χ2n) is 15.9. The summed E-state index contributed by atoms with van der Waals surface area (Å²) in [5.41, 5.74) is 2.72. The Kier molecular flexibility index (Phi) is 12.8. The highest BCUT2D eigenvalue weighted by Gasteiger charge is 2.49. The van der Waals surface area contributed by atoms with Crippen molar-refractivity contribution in [2.45, 2.75) is 64.2 Å². The summed E-state index contributed by atoms with van der Waals surface area (Å²) in [6.07, 6.45) is 8.45. The highest BCUT2D eigenvalue weighted by molar-refractivity contribution is 7.86. The minimum Gasteiger partial charge on any atom is -0.480 e. The van der Waals surface area contributed by atoms with Gasteiger partial charge >= 0.3 is 5.97 Å². The molecular formula is C40H50N3O12S3+. The van der Waals surface area contributed by atoms with E-state index in [1.54, 1.807) is 30.4 Å². The monoisotopic (exact) mass is 860 g/mol. The van der Waals surface area contributed by atoms with E-state index in [0.29, 0.717) is 11.1 Å². The fourth-order valence-corrected chi connectivity index (χ4v) is 9.48. The van der Waals surface area contributed by atoms with Crippen molar-refractivity contribution in [1.82, 2.24) is 5.32 Å². The average molecular weight is 861 g/mol. The Labute approximate surface area is 339 Å². The smallest absolute Gasteiger partial charge is 0.319 e. The number of hydrogen-bond donors (Lipinski definition) is 5. The van der Waals surface area contributed by atoms with Crippen molar-refractivity contribution in [3.63, 3.8) is 0 Å². The minimum atomic E-state index is -4.47. The van der Waals surface area contributed by atoms with E-state index in [4.69, 9.17) is 0 Å². The molecule has 0 aromatic heterocycles. The van der Waals surface area contributed by atoms with Crippen LogP contribution in [-0.2, 0) is 50.8 Å². The first-order chi connectivity index (χ1) is 26.9. The predicted molar refractivity (Wildman–Crippen MR) is 220 cm³/mol. The van der Waals surface area contributed by atoms with Gasteiger partial charge in [-0.2, -0.15) is 29.8 Å². The molecule has 2 aliphatic heterocycles. The van der Waals surface area contributed by atoms with Gasteiger partial charge in [-0.05, 0) is 62.0 Å². The number of allylic oxidation sites excluding steroid dienone is 8. The van der Waals surface area contributed by atoms with Gasteiger partial charge in [-0.25, -0.2) is 0 Å². The first-order valence-electron chi connectivity index (χ1n) is 18.6. The Morgan fingerprint density at radius 2 is 1.38 bits per heavy atom. The summed E-state index contributed by atoms with van der Waals surface area (Å²) in [7, 11) is -12.9. The lowest BCUT2D eigenvalue weighted by Crippen LogP contribution is -2.49. The average Bonchev–Trinajstić information content (AvgIpc) is 3.46. The zero-order chi connectivity index (χ0) is 42.9. The van der Waals surface area contributed by atoms with E-state index in [1.807, 2.05) is 85.7 Å². The number of nitrogens with zero attached hydrogens (tertiary/aromatic N) is 2. The number of fused-ring (bicyclic) bond motifs is 2. The third-order valence-corrected chi connectivity index (χ3v) is 13.3. The van der Waals surface area contributed by atoms with Crippen LogP contribution < -0.4 is 10.2 Å². The number of aliphatic carboxylic acids is 1. The van der Waals surface area contributed by atoms with Crippen molar-refractivity contribution >= 4 is 59.3 Å². The molecule has 3 aliphatic rings. The number of carboxylic acid groups (broad SMARTS) is 1. The molecule has 1 atom stereocenters. The minimum absolute atomic E-state index is 0.115. The molecule has 1 unspecified atom stereocenters. The zero-order valence-electron chi connectivity index (χ0n) is 32.8. The number of anilines is 1. The second kappa shape index (κ2) is 16.7. The number of carbonyl (C=O) groups is 2. The molecule has 0 saturated heterocycles. The Bertz CT molecular complexity index is 2480. The molecule has 2 heterocycles. The van der Waals surface area contributed by atoms with E-state index in [0.717, 1.165) is 33.9 Å². The quantitative estimate of drug-likeness (QED) is 0.0885. The molecule has 0 radical (unpaired) electrons. The van der Waals surface area contributed by atoms with Gasteiger partial charge in [-0.3, -0.25) is 23.2 Å². The van der Waals surface area contributed by atoms with Crippen LogP contribution in [0.4, 0.5) is 11.4 Å². The molecule has 314 valence electrons. The van der Waals surface area contributed by atoms with Gasteiger partial charge in [0.15, 0.2) is 11.1 Å². The van der Waals surface area contributed by atoms with Crippen LogP contribution >= 0.6 is 0 Å². The number of nitrogens with one attached hydrogen (secondary N) is 1. The van der Waals surface area contributed by atoms with Crippen LogP contribution in [-0.4, -0.2) is 103 Å². The van der Waals surface area contributed by atoms with E-state index in [1.165, 1.54) is 0 Å². The van der Waals surface area contributed by atoms with Gasteiger partial charge in [0, 0.05) is 54.0 Å². The highest BCUT2D eigenvalue weighted by Crippen LogP contribution is 2.48. The Morgan fingerprint density at radius 1 is 0.776 bits per heavy atom. The van der Waals surface area contributed by atoms with Gasteiger partial charge in [0.1, 0.15) is 6.54 Å². The number of carboxylic acids is 1. The van der Waals surface area contributed by atoms with Crippen molar-refractivity contribution in [3.05, 3.63) is 107 Å². The summed E-state index contributed by atoms with van der Waals surface area (Å²) in [5, 5.41) is 13.1. The standard InChI is InChI=1S/C40H49N3O12S3/c1-38(2)30-11-5-7-13-32(30)42(20-9-22-56(47,48)49)34(38)17-15-28-25-29(27-40(26-28,37(45)46)36(44)41-19-24-58(53,54)55)16-18-35-39(3,4)31-12-6-8-14-33(31)43(35)21-10-23-57(50,51)52/h5-8,11-18,25H,9-10,19-24,26-27H2,1-4H3,(H4-,41,44,45,46,47,48,49,50,51,52,53,54,55)/p+1. The summed E-state index contributed by atoms with van der Waals surface area (Å²) in [6, 6.07) is 15.2. The van der Waals surface area contributed by atoms with Gasteiger partial charge in [0.2, 0.25) is 11.6 Å². The van der Waals surface area contributed by atoms with Crippen LogP contribution in [0.15, 0.2) is 95.8 Å². The molecule has 18 heteroatoms. The van der Waals surface area contributed by atoms with Crippen molar-refractivity contribution in [2.24, 2.45) is 5.41 Å². The largest absolute Gasteiger partial charge is 0.480 e. The zero-order valence-corrected chi connectivity index (χ0v) is 35.2. The lowest BCUT2D eigenvalue weighted by Gasteiger charge is -2.33. The molecule has 0 spiro atoms. The molecule has 5 N–H and O–H groups in total. The van der Waals surface area contributed by atoms with Crippen molar-refractivity contribution in [3.8, 4) is 0 Å². The summed E-state index contributed by atoms with van der Waals surface area (Å²) in [4.78, 5) is 29.0. The maximum absolute atomic E-state index is 13.8. The third-order valence-electron chi connectivity index (χ3n) is 10.9. The van der Waals surface area contributed by atoms with E-state index < -0.39 is 82.3 Å². The van der Waals surface area contributed by atoms with Crippen LogP contribution in [0.3, 0.4) is 0 Å². The number of benzene rings is 2. The Balaban J connectivity index is 1.62.